The van der Waals surface area contributed by atoms with Gasteiger partial charge in [0.05, 0.1) is 23.2 Å². The van der Waals surface area contributed by atoms with Crippen LogP contribution in [0.1, 0.15) is 33.6 Å². The Morgan fingerprint density at radius 1 is 1.00 bits per heavy atom. The smallest absolute Gasteiger partial charge is 0.407 e. The fourth-order valence-electron chi connectivity index (χ4n) is 4.04. The van der Waals surface area contributed by atoms with E-state index >= 15 is 0 Å². The third-order valence-electron chi connectivity index (χ3n) is 5.23. The molecule has 0 spiro atoms. The second-order valence-corrected chi connectivity index (χ2v) is 6.62. The van der Waals surface area contributed by atoms with Gasteiger partial charge in [0.1, 0.15) is 6.54 Å². The summed E-state index contributed by atoms with van der Waals surface area (Å²) in [7, 11) is 0. The Hall–Kier alpha value is -2.90. The number of amides is 4. The standard InChI is InChI=1S/C17H17N3O5/c21-14(18-7-10-5-6-11(8-18)20(10)17(24)25)9-19-15(22)12-3-1-2-4-13(12)16(19)23/h1-4,10-11H,5-9H2,(H,24,25). The number of carbonyl (C=O) groups excluding carboxylic acids is 3. The van der Waals surface area contributed by atoms with E-state index < -0.39 is 17.9 Å². The molecule has 8 nitrogen and oxygen atoms in total. The molecule has 4 rings (SSSR count). The Kier molecular flexibility index (Phi) is 3.48. The third-order valence-corrected chi connectivity index (χ3v) is 5.23. The van der Waals surface area contributed by atoms with E-state index in [9.17, 15) is 24.3 Å². The van der Waals surface area contributed by atoms with Crippen molar-refractivity contribution < 1.29 is 24.3 Å². The molecular formula is C17H17N3O5. The third kappa shape index (κ3) is 2.36. The van der Waals surface area contributed by atoms with Crippen LogP contribution in [0.25, 0.3) is 0 Å². The molecule has 2 fully saturated rings. The lowest BCUT2D eigenvalue weighted by Gasteiger charge is -2.39. The number of piperazine rings is 1. The second kappa shape index (κ2) is 5.58. The Balaban J connectivity index is 1.47. The van der Waals surface area contributed by atoms with E-state index in [0.29, 0.717) is 24.2 Å². The van der Waals surface area contributed by atoms with Crippen LogP contribution < -0.4 is 0 Å². The quantitative estimate of drug-likeness (QED) is 0.795. The van der Waals surface area contributed by atoms with Gasteiger partial charge in [0.2, 0.25) is 5.91 Å². The summed E-state index contributed by atoms with van der Waals surface area (Å²) < 4.78 is 0. The highest BCUT2D eigenvalue weighted by Crippen LogP contribution is 2.30. The molecule has 25 heavy (non-hydrogen) atoms. The Bertz CT molecular complexity index is 743. The zero-order valence-corrected chi connectivity index (χ0v) is 13.4. The van der Waals surface area contributed by atoms with Crippen molar-refractivity contribution >= 4 is 23.8 Å². The summed E-state index contributed by atoms with van der Waals surface area (Å²) in [6.45, 7) is 0.314. The molecule has 3 heterocycles. The van der Waals surface area contributed by atoms with Crippen LogP contribution in [-0.2, 0) is 4.79 Å². The first-order chi connectivity index (χ1) is 12.0. The molecule has 1 aromatic rings. The summed E-state index contributed by atoms with van der Waals surface area (Å²) in [5.41, 5.74) is 0.632. The van der Waals surface area contributed by atoms with Crippen molar-refractivity contribution in [2.24, 2.45) is 0 Å². The maximum absolute atomic E-state index is 12.6. The van der Waals surface area contributed by atoms with Crippen LogP contribution in [0.5, 0.6) is 0 Å². The fraction of sp³-hybridized carbons (Fsp3) is 0.412. The van der Waals surface area contributed by atoms with Crippen LogP contribution in [0.2, 0.25) is 0 Å². The average Bonchev–Trinajstić information content (AvgIpc) is 3.01. The molecule has 1 N–H and O–H groups in total. The molecule has 0 aromatic heterocycles. The molecule has 2 unspecified atom stereocenters. The van der Waals surface area contributed by atoms with Gasteiger partial charge in [-0.25, -0.2) is 4.79 Å². The average molecular weight is 343 g/mol. The van der Waals surface area contributed by atoms with Crippen molar-refractivity contribution in [1.29, 1.82) is 0 Å². The molecule has 0 aliphatic carbocycles. The van der Waals surface area contributed by atoms with E-state index in [1.54, 1.807) is 29.2 Å². The molecule has 3 aliphatic heterocycles. The van der Waals surface area contributed by atoms with Gasteiger partial charge in [0.25, 0.3) is 11.8 Å². The highest BCUT2D eigenvalue weighted by molar-refractivity contribution is 6.22. The lowest BCUT2D eigenvalue weighted by Crippen LogP contribution is -2.58. The Morgan fingerprint density at radius 2 is 1.52 bits per heavy atom. The van der Waals surface area contributed by atoms with Gasteiger partial charge < -0.3 is 10.0 Å². The highest BCUT2D eigenvalue weighted by atomic mass is 16.4. The molecule has 0 radical (unpaired) electrons. The van der Waals surface area contributed by atoms with Gasteiger partial charge >= 0.3 is 6.09 Å². The summed E-state index contributed by atoms with van der Waals surface area (Å²) in [5, 5.41) is 9.27. The number of nitrogens with zero attached hydrogens (tertiary/aromatic N) is 3. The minimum absolute atomic E-state index is 0.206. The number of rotatable bonds is 2. The minimum Gasteiger partial charge on any atom is -0.465 e. The van der Waals surface area contributed by atoms with Gasteiger partial charge in [-0.05, 0) is 25.0 Å². The number of hydrogen-bond acceptors (Lipinski definition) is 4. The number of likely N-dealkylation sites (tertiary alicyclic amines) is 1. The van der Waals surface area contributed by atoms with Crippen molar-refractivity contribution in [1.82, 2.24) is 14.7 Å². The van der Waals surface area contributed by atoms with Gasteiger partial charge in [0, 0.05) is 13.1 Å². The molecule has 130 valence electrons. The molecule has 3 aliphatic rings. The van der Waals surface area contributed by atoms with Crippen LogP contribution in [0.15, 0.2) is 24.3 Å². The van der Waals surface area contributed by atoms with Gasteiger partial charge in [-0.2, -0.15) is 0 Å². The van der Waals surface area contributed by atoms with E-state index in [2.05, 4.69) is 0 Å². The van der Waals surface area contributed by atoms with Gasteiger partial charge in [-0.1, -0.05) is 12.1 Å². The van der Waals surface area contributed by atoms with E-state index in [0.717, 1.165) is 17.7 Å². The molecule has 0 saturated carbocycles. The maximum Gasteiger partial charge on any atom is 0.407 e. The molecule has 1 aromatic carbocycles. The first-order valence-electron chi connectivity index (χ1n) is 8.21. The lowest BCUT2D eigenvalue weighted by atomic mass is 10.1. The molecule has 2 bridgehead atoms. The summed E-state index contributed by atoms with van der Waals surface area (Å²) in [6.07, 6.45) is 0.501. The second-order valence-electron chi connectivity index (χ2n) is 6.62. The number of carboxylic acid groups (broad SMARTS) is 1. The topological polar surface area (TPSA) is 98.2 Å². The summed E-state index contributed by atoms with van der Waals surface area (Å²) in [6, 6.07) is 6.10. The van der Waals surface area contributed by atoms with Crippen LogP contribution in [0.3, 0.4) is 0 Å². The molecule has 2 atom stereocenters. The van der Waals surface area contributed by atoms with Crippen LogP contribution >= 0.6 is 0 Å². The van der Waals surface area contributed by atoms with Gasteiger partial charge in [-0.15, -0.1) is 0 Å². The number of carbonyl (C=O) groups is 4. The minimum atomic E-state index is -0.958. The molecule has 8 heteroatoms. The molecule has 2 saturated heterocycles. The largest absolute Gasteiger partial charge is 0.465 e. The molecule has 4 amide bonds. The van der Waals surface area contributed by atoms with Gasteiger partial charge in [-0.3, -0.25) is 24.2 Å². The van der Waals surface area contributed by atoms with Crippen LogP contribution in [0.4, 0.5) is 4.79 Å². The SMILES string of the molecule is O=C(CN1C(=O)c2ccccc2C1=O)N1CC2CCC(C1)N2C(=O)O. The first kappa shape index (κ1) is 15.6. The van der Waals surface area contributed by atoms with Crippen molar-refractivity contribution in [3.63, 3.8) is 0 Å². The normalized spacial score (nSPS) is 24.7. The highest BCUT2D eigenvalue weighted by Gasteiger charge is 2.45. The van der Waals surface area contributed by atoms with Crippen LogP contribution in [-0.4, -0.2) is 75.3 Å². The number of imide groups is 1. The Morgan fingerprint density at radius 3 is 2.00 bits per heavy atom. The maximum atomic E-state index is 12.6. The van der Waals surface area contributed by atoms with Crippen LogP contribution in [0, 0.1) is 0 Å². The predicted octanol–water partition coefficient (Wildman–Crippen LogP) is 0.636. The van der Waals surface area contributed by atoms with E-state index in [1.807, 2.05) is 0 Å². The van der Waals surface area contributed by atoms with Crippen molar-refractivity contribution in [3.8, 4) is 0 Å². The summed E-state index contributed by atoms with van der Waals surface area (Å²) in [4.78, 5) is 52.6. The van der Waals surface area contributed by atoms with E-state index in [1.165, 1.54) is 4.90 Å². The summed E-state index contributed by atoms with van der Waals surface area (Å²) >= 11 is 0. The molecular weight excluding hydrogens is 326 g/mol. The number of hydrogen-bond donors (Lipinski definition) is 1. The summed E-state index contributed by atoms with van der Waals surface area (Å²) in [5.74, 6) is -1.24. The zero-order chi connectivity index (χ0) is 17.7. The van der Waals surface area contributed by atoms with E-state index in [-0.39, 0.29) is 24.5 Å². The van der Waals surface area contributed by atoms with Crippen molar-refractivity contribution in [2.75, 3.05) is 19.6 Å². The van der Waals surface area contributed by atoms with Crippen molar-refractivity contribution in [2.45, 2.75) is 24.9 Å². The fourth-order valence-corrected chi connectivity index (χ4v) is 4.04. The Labute approximate surface area is 143 Å². The van der Waals surface area contributed by atoms with Crippen molar-refractivity contribution in [3.05, 3.63) is 35.4 Å². The lowest BCUT2D eigenvalue weighted by molar-refractivity contribution is -0.134. The van der Waals surface area contributed by atoms with Gasteiger partial charge in [0.15, 0.2) is 0 Å². The zero-order valence-electron chi connectivity index (χ0n) is 13.4. The van der Waals surface area contributed by atoms with E-state index in [4.69, 9.17) is 0 Å². The predicted molar refractivity (Wildman–Crippen MR) is 85.1 cm³/mol. The number of fused-ring (bicyclic) bond motifs is 3. The monoisotopic (exact) mass is 343 g/mol. The number of benzene rings is 1. The first-order valence-corrected chi connectivity index (χ1v) is 8.21.